The van der Waals surface area contributed by atoms with Crippen molar-refractivity contribution in [3.8, 4) is 6.01 Å². The van der Waals surface area contributed by atoms with E-state index in [9.17, 15) is 0 Å². The van der Waals surface area contributed by atoms with Crippen LogP contribution in [-0.2, 0) is 0 Å². The molecule has 0 amide bonds. The van der Waals surface area contributed by atoms with Gasteiger partial charge in [-0.3, -0.25) is 0 Å². The Hall–Kier alpha value is -1.59. The summed E-state index contributed by atoms with van der Waals surface area (Å²) in [5, 5.41) is 6.27. The van der Waals surface area contributed by atoms with Gasteiger partial charge in [0.2, 0.25) is 11.9 Å². The largest absolute Gasteiger partial charge is 0.467 e. The molecule has 19 heavy (non-hydrogen) atoms. The molecule has 0 aliphatic rings. The van der Waals surface area contributed by atoms with Crippen LogP contribution in [0.5, 0.6) is 6.01 Å². The van der Waals surface area contributed by atoms with Crippen LogP contribution in [0.15, 0.2) is 0 Å². The van der Waals surface area contributed by atoms with Crippen molar-refractivity contribution in [2.75, 3.05) is 30.8 Å². The third-order valence-corrected chi connectivity index (χ3v) is 2.62. The topological polar surface area (TPSA) is 72.0 Å². The van der Waals surface area contributed by atoms with E-state index in [1.807, 2.05) is 6.92 Å². The zero-order valence-corrected chi connectivity index (χ0v) is 12.4. The highest BCUT2D eigenvalue weighted by molar-refractivity contribution is 5.35. The third-order valence-electron chi connectivity index (χ3n) is 2.62. The van der Waals surface area contributed by atoms with Crippen molar-refractivity contribution in [3.05, 3.63) is 0 Å². The minimum Gasteiger partial charge on any atom is -0.467 e. The van der Waals surface area contributed by atoms with Crippen molar-refractivity contribution in [2.45, 2.75) is 40.0 Å². The van der Waals surface area contributed by atoms with Gasteiger partial charge in [0, 0.05) is 13.1 Å². The molecule has 0 saturated heterocycles. The molecule has 1 rings (SSSR count). The van der Waals surface area contributed by atoms with Crippen LogP contribution < -0.4 is 15.4 Å². The number of hydrogen-bond donors (Lipinski definition) is 2. The highest BCUT2D eigenvalue weighted by atomic mass is 16.5. The van der Waals surface area contributed by atoms with E-state index in [-0.39, 0.29) is 0 Å². The van der Waals surface area contributed by atoms with Crippen LogP contribution in [0.3, 0.4) is 0 Å². The van der Waals surface area contributed by atoms with Crippen molar-refractivity contribution in [2.24, 2.45) is 5.92 Å². The van der Waals surface area contributed by atoms with Gasteiger partial charge in [-0.25, -0.2) is 0 Å². The van der Waals surface area contributed by atoms with Crippen LogP contribution in [-0.4, -0.2) is 35.2 Å². The number of rotatable bonds is 9. The predicted molar refractivity (Wildman–Crippen MR) is 77.7 cm³/mol. The highest BCUT2D eigenvalue weighted by Gasteiger charge is 2.05. The lowest BCUT2D eigenvalue weighted by atomic mass is 10.1. The maximum atomic E-state index is 5.06. The summed E-state index contributed by atoms with van der Waals surface area (Å²) in [5.74, 6) is 1.86. The van der Waals surface area contributed by atoms with Gasteiger partial charge in [0.25, 0.3) is 0 Å². The number of ether oxygens (including phenoxy) is 1. The first-order chi connectivity index (χ1) is 9.15. The molecule has 108 valence electrons. The van der Waals surface area contributed by atoms with E-state index in [0.29, 0.717) is 17.9 Å². The third kappa shape index (κ3) is 6.22. The van der Waals surface area contributed by atoms with Crippen LogP contribution in [0.2, 0.25) is 0 Å². The van der Waals surface area contributed by atoms with E-state index in [4.69, 9.17) is 4.74 Å². The lowest BCUT2D eigenvalue weighted by Gasteiger charge is -2.09. The second kappa shape index (κ2) is 8.50. The van der Waals surface area contributed by atoms with Gasteiger partial charge < -0.3 is 15.4 Å². The first-order valence-electron chi connectivity index (χ1n) is 6.93. The summed E-state index contributed by atoms with van der Waals surface area (Å²) in [7, 11) is 1.55. The average Bonchev–Trinajstić information content (AvgIpc) is 2.38. The highest BCUT2D eigenvalue weighted by Crippen LogP contribution is 2.11. The zero-order valence-electron chi connectivity index (χ0n) is 12.4. The lowest BCUT2D eigenvalue weighted by Crippen LogP contribution is -2.11. The Balaban J connectivity index is 2.45. The van der Waals surface area contributed by atoms with Gasteiger partial charge in [0.15, 0.2) is 0 Å². The summed E-state index contributed by atoms with van der Waals surface area (Å²) in [5.41, 5.74) is 0. The standard InChI is InChI=1S/C13H25N5O/c1-5-14-11-16-12(18-13(17-11)19-4)15-9-7-6-8-10(2)3/h10H,5-9H2,1-4H3,(H2,14,15,16,17,18). The van der Waals surface area contributed by atoms with Gasteiger partial charge in [-0.1, -0.05) is 26.7 Å². The zero-order chi connectivity index (χ0) is 14.1. The predicted octanol–water partition coefficient (Wildman–Crippen LogP) is 2.55. The van der Waals surface area contributed by atoms with Gasteiger partial charge >= 0.3 is 6.01 Å². The summed E-state index contributed by atoms with van der Waals surface area (Å²) < 4.78 is 5.06. The van der Waals surface area contributed by atoms with Crippen LogP contribution in [0, 0.1) is 5.92 Å². The molecule has 0 fully saturated rings. The Kier molecular flexibility index (Phi) is 6.92. The molecule has 0 unspecified atom stereocenters. The fourth-order valence-electron chi connectivity index (χ4n) is 1.64. The molecule has 6 heteroatoms. The molecule has 1 aromatic rings. The van der Waals surface area contributed by atoms with Gasteiger partial charge in [0.05, 0.1) is 7.11 Å². The molecule has 0 aliphatic carbocycles. The van der Waals surface area contributed by atoms with E-state index in [1.54, 1.807) is 7.11 Å². The number of nitrogens with one attached hydrogen (secondary N) is 2. The average molecular weight is 267 g/mol. The Labute approximate surface area is 115 Å². The van der Waals surface area contributed by atoms with Crippen LogP contribution in [0.25, 0.3) is 0 Å². The Morgan fingerprint density at radius 3 is 2.32 bits per heavy atom. The molecule has 0 spiro atoms. The maximum absolute atomic E-state index is 5.06. The molecule has 0 aromatic carbocycles. The molecule has 0 saturated carbocycles. The van der Waals surface area contributed by atoms with E-state index in [2.05, 4.69) is 39.4 Å². The van der Waals surface area contributed by atoms with E-state index < -0.39 is 0 Å². The molecule has 0 radical (unpaired) electrons. The van der Waals surface area contributed by atoms with Crippen LogP contribution >= 0.6 is 0 Å². The second-order valence-electron chi connectivity index (χ2n) is 4.82. The minimum atomic E-state index is 0.329. The minimum absolute atomic E-state index is 0.329. The molecule has 6 nitrogen and oxygen atoms in total. The van der Waals surface area contributed by atoms with Gasteiger partial charge in [-0.05, 0) is 19.3 Å². The molecule has 0 bridgehead atoms. The number of hydrogen-bond acceptors (Lipinski definition) is 6. The lowest BCUT2D eigenvalue weighted by molar-refractivity contribution is 0.379. The van der Waals surface area contributed by atoms with Crippen LogP contribution in [0.4, 0.5) is 11.9 Å². The van der Waals surface area contributed by atoms with Gasteiger partial charge in [-0.15, -0.1) is 0 Å². The fourth-order valence-corrected chi connectivity index (χ4v) is 1.64. The summed E-state index contributed by atoms with van der Waals surface area (Å²) in [6, 6.07) is 0.329. The molecule has 2 N–H and O–H groups in total. The summed E-state index contributed by atoms with van der Waals surface area (Å²) >= 11 is 0. The summed E-state index contributed by atoms with van der Waals surface area (Å²) in [6.45, 7) is 8.11. The number of nitrogens with zero attached hydrogens (tertiary/aromatic N) is 3. The van der Waals surface area contributed by atoms with Crippen molar-refractivity contribution in [1.29, 1.82) is 0 Å². The van der Waals surface area contributed by atoms with E-state index in [1.165, 1.54) is 12.8 Å². The van der Waals surface area contributed by atoms with E-state index >= 15 is 0 Å². The number of unbranched alkanes of at least 4 members (excludes halogenated alkanes) is 1. The van der Waals surface area contributed by atoms with Gasteiger partial charge in [0.1, 0.15) is 0 Å². The number of anilines is 2. The molecule has 1 aromatic heterocycles. The summed E-state index contributed by atoms with van der Waals surface area (Å²) in [6.07, 6.45) is 3.58. The first-order valence-corrected chi connectivity index (χ1v) is 6.93. The second-order valence-corrected chi connectivity index (χ2v) is 4.82. The quantitative estimate of drug-likeness (QED) is 0.670. The SMILES string of the molecule is CCNc1nc(NCCCCC(C)C)nc(OC)n1. The Morgan fingerprint density at radius 1 is 1.05 bits per heavy atom. The molecular formula is C13H25N5O. The summed E-state index contributed by atoms with van der Waals surface area (Å²) in [4.78, 5) is 12.6. The fraction of sp³-hybridized carbons (Fsp3) is 0.769. The monoisotopic (exact) mass is 267 g/mol. The van der Waals surface area contributed by atoms with Crippen molar-refractivity contribution in [3.63, 3.8) is 0 Å². The number of aromatic nitrogens is 3. The molecule has 0 aliphatic heterocycles. The van der Waals surface area contributed by atoms with Crippen molar-refractivity contribution in [1.82, 2.24) is 15.0 Å². The van der Waals surface area contributed by atoms with Crippen LogP contribution in [0.1, 0.15) is 40.0 Å². The Bertz CT molecular complexity index is 370. The molecule has 1 heterocycles. The smallest absolute Gasteiger partial charge is 0.322 e. The van der Waals surface area contributed by atoms with E-state index in [0.717, 1.165) is 25.4 Å². The van der Waals surface area contributed by atoms with Crippen molar-refractivity contribution < 1.29 is 4.74 Å². The first kappa shape index (κ1) is 15.5. The Morgan fingerprint density at radius 2 is 1.74 bits per heavy atom. The maximum Gasteiger partial charge on any atom is 0.322 e. The molecular weight excluding hydrogens is 242 g/mol. The normalized spacial score (nSPS) is 10.6. The number of methoxy groups -OCH3 is 1. The molecule has 0 atom stereocenters. The van der Waals surface area contributed by atoms with Gasteiger partial charge in [-0.2, -0.15) is 15.0 Å². The van der Waals surface area contributed by atoms with Crippen molar-refractivity contribution >= 4 is 11.9 Å².